The lowest BCUT2D eigenvalue weighted by Crippen LogP contribution is -2.47. The van der Waals surface area contributed by atoms with Gasteiger partial charge in [-0.3, -0.25) is 0 Å². The number of hydrogen-bond acceptors (Lipinski definition) is 4. The maximum atomic E-state index is 9.26. The number of aliphatic hydroxyl groups excluding tert-OH is 2. The Hall–Kier alpha value is -1.88. The van der Waals surface area contributed by atoms with Gasteiger partial charge in [0.2, 0.25) is 0 Å². The Bertz CT molecular complexity index is 650. The number of nitrogens with two attached hydrogens (primary N) is 1. The van der Waals surface area contributed by atoms with E-state index < -0.39 is 5.54 Å². The fourth-order valence-corrected chi connectivity index (χ4v) is 2.76. The van der Waals surface area contributed by atoms with Crippen LogP contribution in [0.2, 0.25) is 0 Å². The van der Waals surface area contributed by atoms with Crippen molar-refractivity contribution in [2.75, 3.05) is 13.2 Å². The minimum absolute atomic E-state index is 0.0335. The Morgan fingerprint density at radius 3 is 2.32 bits per heavy atom. The van der Waals surface area contributed by atoms with Crippen LogP contribution in [-0.2, 0) is 6.42 Å². The van der Waals surface area contributed by atoms with Gasteiger partial charge in [0.1, 0.15) is 11.9 Å². The zero-order valence-corrected chi connectivity index (χ0v) is 15.1. The van der Waals surface area contributed by atoms with Crippen LogP contribution in [0.5, 0.6) is 5.75 Å². The van der Waals surface area contributed by atoms with E-state index in [1.807, 2.05) is 24.3 Å². The van der Waals surface area contributed by atoms with Gasteiger partial charge in [-0.15, -0.1) is 0 Å². The van der Waals surface area contributed by atoms with Crippen molar-refractivity contribution >= 4 is 0 Å². The van der Waals surface area contributed by atoms with Crippen molar-refractivity contribution in [3.05, 3.63) is 65.2 Å². The first-order valence-corrected chi connectivity index (χ1v) is 8.82. The molecule has 1 unspecified atom stereocenters. The molecule has 0 aliphatic rings. The van der Waals surface area contributed by atoms with Crippen molar-refractivity contribution in [3.8, 4) is 5.75 Å². The standard InChI is InChI=1S/C21H29NO3/c1-3-20(18-6-4-5-16(2)13-18)25-19-9-7-17(8-10-19)11-12-21(22,14-23)15-24/h4-10,13,20,23-24H,3,11-12,14-15,22H2,1-2H3. The normalized spacial score (nSPS) is 12.8. The molecule has 0 radical (unpaired) electrons. The number of ether oxygens (including phenoxy) is 1. The van der Waals surface area contributed by atoms with Crippen LogP contribution in [0.25, 0.3) is 0 Å². The van der Waals surface area contributed by atoms with Crippen LogP contribution < -0.4 is 10.5 Å². The van der Waals surface area contributed by atoms with Crippen LogP contribution in [0.15, 0.2) is 48.5 Å². The monoisotopic (exact) mass is 343 g/mol. The first kappa shape index (κ1) is 19.4. The predicted molar refractivity (Wildman–Crippen MR) is 101 cm³/mol. The first-order valence-electron chi connectivity index (χ1n) is 8.82. The average Bonchev–Trinajstić information content (AvgIpc) is 2.65. The zero-order valence-electron chi connectivity index (χ0n) is 15.1. The molecule has 4 heteroatoms. The molecule has 136 valence electrons. The van der Waals surface area contributed by atoms with Crippen LogP contribution in [0, 0.1) is 6.92 Å². The maximum absolute atomic E-state index is 9.26. The highest BCUT2D eigenvalue weighted by Gasteiger charge is 2.22. The summed E-state index contributed by atoms with van der Waals surface area (Å²) in [6, 6.07) is 16.3. The predicted octanol–water partition coefficient (Wildman–Crippen LogP) is 3.14. The lowest BCUT2D eigenvalue weighted by Gasteiger charge is -2.24. The molecule has 2 rings (SSSR count). The Kier molecular flexibility index (Phi) is 7.00. The molecule has 0 spiro atoms. The SMILES string of the molecule is CCC(Oc1ccc(CCC(N)(CO)CO)cc1)c1cccc(C)c1. The van der Waals surface area contributed by atoms with Crippen molar-refractivity contribution in [2.45, 2.75) is 44.8 Å². The maximum Gasteiger partial charge on any atom is 0.123 e. The summed E-state index contributed by atoms with van der Waals surface area (Å²) in [6.45, 7) is 3.76. The first-order chi connectivity index (χ1) is 12.0. The smallest absolute Gasteiger partial charge is 0.123 e. The highest BCUT2D eigenvalue weighted by atomic mass is 16.5. The highest BCUT2D eigenvalue weighted by Crippen LogP contribution is 2.26. The van der Waals surface area contributed by atoms with E-state index in [-0.39, 0.29) is 19.3 Å². The van der Waals surface area contributed by atoms with Crippen LogP contribution in [0.1, 0.15) is 42.6 Å². The zero-order chi connectivity index (χ0) is 18.3. The lowest BCUT2D eigenvalue weighted by molar-refractivity contribution is 0.115. The largest absolute Gasteiger partial charge is 0.486 e. The Labute approximate surface area is 150 Å². The summed E-state index contributed by atoms with van der Waals surface area (Å²) in [5.74, 6) is 0.834. The third-order valence-corrected chi connectivity index (χ3v) is 4.53. The van der Waals surface area contributed by atoms with Gasteiger partial charge in [0.05, 0.1) is 18.8 Å². The molecule has 0 saturated heterocycles. The van der Waals surface area contributed by atoms with Gasteiger partial charge in [-0.25, -0.2) is 0 Å². The summed E-state index contributed by atoms with van der Waals surface area (Å²) in [5, 5.41) is 18.5. The molecule has 0 saturated carbocycles. The molecule has 0 amide bonds. The van der Waals surface area contributed by atoms with E-state index in [1.165, 1.54) is 11.1 Å². The lowest BCUT2D eigenvalue weighted by atomic mass is 9.94. The molecule has 0 aliphatic carbocycles. The van der Waals surface area contributed by atoms with Crippen molar-refractivity contribution in [1.82, 2.24) is 0 Å². The molecule has 0 heterocycles. The van der Waals surface area contributed by atoms with Crippen molar-refractivity contribution in [3.63, 3.8) is 0 Å². The number of hydrogen-bond donors (Lipinski definition) is 3. The molecule has 0 fully saturated rings. The second-order valence-electron chi connectivity index (χ2n) is 6.75. The Balaban J connectivity index is 1.99. The van der Waals surface area contributed by atoms with Crippen molar-refractivity contribution < 1.29 is 14.9 Å². The fourth-order valence-electron chi connectivity index (χ4n) is 2.76. The van der Waals surface area contributed by atoms with Gasteiger partial charge in [-0.1, -0.05) is 48.9 Å². The summed E-state index contributed by atoms with van der Waals surface area (Å²) in [5.41, 5.74) is 8.51. The van der Waals surface area contributed by atoms with Crippen LogP contribution >= 0.6 is 0 Å². The van der Waals surface area contributed by atoms with Gasteiger partial charge < -0.3 is 20.7 Å². The topological polar surface area (TPSA) is 75.7 Å². The van der Waals surface area contributed by atoms with Gasteiger partial charge >= 0.3 is 0 Å². The van der Waals surface area contributed by atoms with Gasteiger partial charge in [0.25, 0.3) is 0 Å². The van der Waals surface area contributed by atoms with E-state index in [4.69, 9.17) is 10.5 Å². The molecular formula is C21H29NO3. The van der Waals surface area contributed by atoms with E-state index in [1.54, 1.807) is 0 Å². The third kappa shape index (κ3) is 5.56. The molecule has 2 aromatic rings. The summed E-state index contributed by atoms with van der Waals surface area (Å²) in [7, 11) is 0. The quantitative estimate of drug-likeness (QED) is 0.654. The summed E-state index contributed by atoms with van der Waals surface area (Å²) in [6.07, 6.45) is 2.16. The van der Waals surface area contributed by atoms with Crippen LogP contribution in [0.3, 0.4) is 0 Å². The van der Waals surface area contributed by atoms with Gasteiger partial charge in [0, 0.05) is 0 Å². The molecule has 0 aromatic heterocycles. The van der Waals surface area contributed by atoms with Crippen molar-refractivity contribution in [1.29, 1.82) is 0 Å². The molecule has 4 nitrogen and oxygen atoms in total. The Morgan fingerprint density at radius 2 is 1.76 bits per heavy atom. The molecule has 25 heavy (non-hydrogen) atoms. The number of aryl methyl sites for hydroxylation is 2. The molecule has 1 atom stereocenters. The molecule has 4 N–H and O–H groups in total. The molecule has 0 bridgehead atoms. The minimum atomic E-state index is -0.923. The van der Waals surface area contributed by atoms with E-state index in [0.717, 1.165) is 17.7 Å². The highest BCUT2D eigenvalue weighted by molar-refractivity contribution is 5.30. The van der Waals surface area contributed by atoms with E-state index in [9.17, 15) is 10.2 Å². The number of aliphatic hydroxyl groups is 2. The second-order valence-corrected chi connectivity index (χ2v) is 6.75. The summed E-state index contributed by atoms with van der Waals surface area (Å²) < 4.78 is 6.14. The van der Waals surface area contributed by atoms with E-state index in [2.05, 4.69) is 38.1 Å². The van der Waals surface area contributed by atoms with Crippen LogP contribution in [0.4, 0.5) is 0 Å². The van der Waals surface area contributed by atoms with Gasteiger partial charge in [-0.05, 0) is 49.4 Å². The fraction of sp³-hybridized carbons (Fsp3) is 0.429. The van der Waals surface area contributed by atoms with E-state index in [0.29, 0.717) is 12.8 Å². The number of benzene rings is 2. The Morgan fingerprint density at radius 1 is 1.08 bits per heavy atom. The molecular weight excluding hydrogens is 314 g/mol. The molecule has 2 aromatic carbocycles. The third-order valence-electron chi connectivity index (χ3n) is 4.53. The minimum Gasteiger partial charge on any atom is -0.486 e. The summed E-state index contributed by atoms with van der Waals surface area (Å²) in [4.78, 5) is 0. The number of rotatable bonds is 9. The van der Waals surface area contributed by atoms with Crippen LogP contribution in [-0.4, -0.2) is 29.0 Å². The van der Waals surface area contributed by atoms with E-state index >= 15 is 0 Å². The molecule has 0 aliphatic heterocycles. The average molecular weight is 343 g/mol. The second kappa shape index (κ2) is 8.99. The van der Waals surface area contributed by atoms with Gasteiger partial charge in [0.15, 0.2) is 0 Å². The van der Waals surface area contributed by atoms with Gasteiger partial charge in [-0.2, -0.15) is 0 Å². The summed E-state index contributed by atoms with van der Waals surface area (Å²) >= 11 is 0. The van der Waals surface area contributed by atoms with Crippen molar-refractivity contribution in [2.24, 2.45) is 5.73 Å².